The standard InChI is InChI=1S/C32H41N5O6/c1-22(2)19-23-9-7-10-24-20-25(33-29(23)24)21-37-16-8-12-27(31(37)41)34-30(40)26(35-32(42)43-18-17-38)11-3-4-13-28(39)36-14-5-6-15-36/h4,7-10,12-13,16,20,22,26,33,38H,3,5-6,11,14-15,17-19,21H2,1-2H3,(H,34,40)(H,35,42)/b13-4+/t26-/m0/s1. The number of rotatable bonds is 13. The van der Waals surface area contributed by atoms with Crippen molar-refractivity contribution in [3.63, 3.8) is 0 Å². The predicted octanol–water partition coefficient (Wildman–Crippen LogP) is 3.56. The Morgan fingerprint density at radius 1 is 1.14 bits per heavy atom. The highest BCUT2D eigenvalue weighted by Gasteiger charge is 2.23. The molecule has 1 fully saturated rings. The zero-order valence-corrected chi connectivity index (χ0v) is 24.8. The molecule has 0 aliphatic carbocycles. The van der Waals surface area contributed by atoms with E-state index in [0.29, 0.717) is 12.3 Å². The van der Waals surface area contributed by atoms with Crippen molar-refractivity contribution in [2.45, 2.75) is 58.5 Å². The molecule has 11 nitrogen and oxygen atoms in total. The number of ether oxygens (including phenoxy) is 1. The minimum atomic E-state index is -1.04. The lowest BCUT2D eigenvalue weighted by atomic mass is 10.0. The number of nitrogens with one attached hydrogen (secondary N) is 3. The Morgan fingerprint density at radius 2 is 1.93 bits per heavy atom. The van der Waals surface area contributed by atoms with Gasteiger partial charge in [-0.25, -0.2) is 4.79 Å². The van der Waals surface area contributed by atoms with Gasteiger partial charge in [0.1, 0.15) is 18.3 Å². The largest absolute Gasteiger partial charge is 0.447 e. The first kappa shape index (κ1) is 31.6. The van der Waals surface area contributed by atoms with Crippen molar-refractivity contribution in [3.05, 3.63) is 76.4 Å². The Hall–Kier alpha value is -4.38. The third-order valence-corrected chi connectivity index (χ3v) is 7.28. The van der Waals surface area contributed by atoms with Gasteiger partial charge in [0.15, 0.2) is 0 Å². The van der Waals surface area contributed by atoms with Crippen molar-refractivity contribution in [2.24, 2.45) is 5.92 Å². The van der Waals surface area contributed by atoms with Crippen LogP contribution in [0.2, 0.25) is 0 Å². The average Bonchev–Trinajstić information content (AvgIpc) is 3.66. The van der Waals surface area contributed by atoms with E-state index in [4.69, 9.17) is 9.84 Å². The zero-order chi connectivity index (χ0) is 30.8. The number of fused-ring (bicyclic) bond motifs is 1. The van der Waals surface area contributed by atoms with Gasteiger partial charge in [-0.05, 0) is 73.2 Å². The monoisotopic (exact) mass is 591 g/mol. The van der Waals surface area contributed by atoms with Gasteiger partial charge in [0, 0.05) is 30.5 Å². The lowest BCUT2D eigenvalue weighted by Gasteiger charge is -2.18. The van der Waals surface area contributed by atoms with E-state index in [-0.39, 0.29) is 37.8 Å². The Balaban J connectivity index is 1.45. The van der Waals surface area contributed by atoms with E-state index >= 15 is 0 Å². The maximum atomic E-state index is 13.3. The summed E-state index contributed by atoms with van der Waals surface area (Å²) in [4.78, 5) is 56.3. The smallest absolute Gasteiger partial charge is 0.407 e. The molecule has 3 heterocycles. The highest BCUT2D eigenvalue weighted by atomic mass is 16.6. The van der Waals surface area contributed by atoms with Gasteiger partial charge in [-0.15, -0.1) is 0 Å². The van der Waals surface area contributed by atoms with Crippen LogP contribution in [0.4, 0.5) is 10.5 Å². The van der Waals surface area contributed by atoms with E-state index in [2.05, 4.69) is 35.5 Å². The van der Waals surface area contributed by atoms with E-state index in [1.165, 1.54) is 22.3 Å². The molecule has 4 N–H and O–H groups in total. The molecule has 1 atom stereocenters. The SMILES string of the molecule is CC(C)Cc1cccc2cc(Cn3cccc(NC(=O)[C@H](CC/C=C/C(=O)N4CCCC4)NC(=O)OCCO)c3=O)[nH]c12. The second kappa shape index (κ2) is 15.2. The number of pyridine rings is 1. The number of aliphatic hydroxyl groups is 1. The van der Waals surface area contributed by atoms with Crippen LogP contribution in [0, 0.1) is 5.92 Å². The molecule has 4 rings (SSSR count). The van der Waals surface area contributed by atoms with Crippen molar-refractivity contribution >= 4 is 34.5 Å². The number of allylic oxidation sites excluding steroid dienone is 1. The minimum absolute atomic E-state index is 0.0689. The van der Waals surface area contributed by atoms with Gasteiger partial charge in [-0.2, -0.15) is 0 Å². The number of nitrogens with zero attached hydrogens (tertiary/aromatic N) is 2. The molecule has 3 aromatic rings. The summed E-state index contributed by atoms with van der Waals surface area (Å²) in [6.07, 6.45) is 7.35. The molecule has 0 unspecified atom stereocenters. The highest BCUT2D eigenvalue weighted by molar-refractivity contribution is 5.96. The number of carbonyl (C=O) groups excluding carboxylic acids is 3. The molecule has 1 aromatic carbocycles. The third kappa shape index (κ3) is 8.81. The second-order valence-electron chi connectivity index (χ2n) is 11.2. The average molecular weight is 592 g/mol. The van der Waals surface area contributed by atoms with Crippen molar-refractivity contribution < 1.29 is 24.2 Å². The van der Waals surface area contributed by atoms with Gasteiger partial charge in [0.05, 0.1) is 13.2 Å². The predicted molar refractivity (Wildman–Crippen MR) is 165 cm³/mol. The molecule has 2 aromatic heterocycles. The van der Waals surface area contributed by atoms with Crippen LogP contribution in [0.3, 0.4) is 0 Å². The summed E-state index contributed by atoms with van der Waals surface area (Å²) in [6, 6.07) is 10.3. The van der Waals surface area contributed by atoms with Gasteiger partial charge >= 0.3 is 6.09 Å². The zero-order valence-electron chi connectivity index (χ0n) is 24.8. The Labute approximate surface area is 250 Å². The number of benzene rings is 1. The number of aromatic amines is 1. The fraction of sp³-hybridized carbons (Fsp3) is 0.438. The molecule has 3 amide bonds. The molecule has 0 saturated carbocycles. The van der Waals surface area contributed by atoms with Gasteiger partial charge in [0.2, 0.25) is 11.8 Å². The van der Waals surface area contributed by atoms with Crippen molar-refractivity contribution in [1.29, 1.82) is 0 Å². The maximum Gasteiger partial charge on any atom is 0.407 e. The van der Waals surface area contributed by atoms with E-state index in [0.717, 1.165) is 48.9 Å². The van der Waals surface area contributed by atoms with Gasteiger partial charge in [-0.1, -0.05) is 38.1 Å². The number of hydrogen-bond acceptors (Lipinski definition) is 6. The first-order valence-corrected chi connectivity index (χ1v) is 14.8. The van der Waals surface area contributed by atoms with Crippen LogP contribution in [-0.4, -0.2) is 69.8 Å². The summed E-state index contributed by atoms with van der Waals surface area (Å²) < 4.78 is 6.38. The summed E-state index contributed by atoms with van der Waals surface area (Å²) in [5.41, 5.74) is 2.81. The summed E-state index contributed by atoms with van der Waals surface area (Å²) in [6.45, 7) is 5.52. The molecule has 1 saturated heterocycles. The number of hydrogen-bond donors (Lipinski definition) is 4. The number of aliphatic hydroxyl groups excluding tert-OH is 1. The molecule has 43 heavy (non-hydrogen) atoms. The summed E-state index contributed by atoms with van der Waals surface area (Å²) in [5, 5.41) is 15.2. The highest BCUT2D eigenvalue weighted by Crippen LogP contribution is 2.22. The fourth-order valence-corrected chi connectivity index (χ4v) is 5.21. The fourth-order valence-electron chi connectivity index (χ4n) is 5.21. The van der Waals surface area contributed by atoms with Crippen molar-refractivity contribution in [3.8, 4) is 0 Å². The molecule has 11 heteroatoms. The van der Waals surface area contributed by atoms with E-state index in [1.54, 1.807) is 23.2 Å². The number of carbonyl (C=O) groups is 3. The Morgan fingerprint density at radius 3 is 2.67 bits per heavy atom. The first-order chi connectivity index (χ1) is 20.7. The van der Waals surface area contributed by atoms with Crippen LogP contribution < -0.4 is 16.2 Å². The maximum absolute atomic E-state index is 13.3. The number of para-hydroxylation sites is 1. The molecule has 0 spiro atoms. The number of aromatic nitrogens is 2. The molecule has 0 bridgehead atoms. The van der Waals surface area contributed by atoms with E-state index in [1.807, 2.05) is 18.2 Å². The molecule has 1 aliphatic heterocycles. The molecular formula is C32H41N5O6. The Bertz CT molecular complexity index is 1500. The number of H-pyrrole nitrogens is 1. The number of amides is 3. The van der Waals surface area contributed by atoms with Crippen LogP contribution >= 0.6 is 0 Å². The topological polar surface area (TPSA) is 146 Å². The van der Waals surface area contributed by atoms with Gasteiger partial charge in [0.25, 0.3) is 5.56 Å². The number of anilines is 1. The second-order valence-corrected chi connectivity index (χ2v) is 11.2. The quantitative estimate of drug-likeness (QED) is 0.224. The summed E-state index contributed by atoms with van der Waals surface area (Å²) in [5.74, 6) is -0.174. The number of alkyl carbamates (subject to hydrolysis) is 1. The van der Waals surface area contributed by atoms with Crippen LogP contribution in [0.1, 0.15) is 50.8 Å². The minimum Gasteiger partial charge on any atom is -0.447 e. The normalized spacial score (nSPS) is 14.0. The van der Waals surface area contributed by atoms with Gasteiger partial charge < -0.3 is 34.9 Å². The lowest BCUT2D eigenvalue weighted by molar-refractivity contribution is -0.125. The van der Waals surface area contributed by atoms with Crippen LogP contribution in [0.25, 0.3) is 10.9 Å². The summed E-state index contributed by atoms with van der Waals surface area (Å²) in [7, 11) is 0. The molecule has 1 aliphatic rings. The lowest BCUT2D eigenvalue weighted by Crippen LogP contribution is -2.45. The number of likely N-dealkylation sites (tertiary alicyclic amines) is 1. The molecule has 230 valence electrons. The van der Waals surface area contributed by atoms with E-state index in [9.17, 15) is 19.2 Å². The van der Waals surface area contributed by atoms with Crippen LogP contribution in [-0.2, 0) is 27.3 Å². The van der Waals surface area contributed by atoms with Gasteiger partial charge in [-0.3, -0.25) is 14.4 Å². The van der Waals surface area contributed by atoms with Crippen molar-refractivity contribution in [2.75, 3.05) is 31.6 Å². The third-order valence-electron chi connectivity index (χ3n) is 7.28. The summed E-state index contributed by atoms with van der Waals surface area (Å²) >= 11 is 0. The molecule has 0 radical (unpaired) electrons. The van der Waals surface area contributed by atoms with Crippen molar-refractivity contribution in [1.82, 2.24) is 19.8 Å². The molecular weight excluding hydrogens is 550 g/mol. The Kier molecular flexibility index (Phi) is 11.2. The van der Waals surface area contributed by atoms with Crippen LogP contribution in [0.15, 0.2) is 59.5 Å². The van der Waals surface area contributed by atoms with E-state index < -0.39 is 23.6 Å². The van der Waals surface area contributed by atoms with Crippen LogP contribution in [0.5, 0.6) is 0 Å². The first-order valence-electron chi connectivity index (χ1n) is 14.8.